The van der Waals surface area contributed by atoms with Crippen LogP contribution in [0.4, 0.5) is 0 Å². The Bertz CT molecular complexity index is 2280. The van der Waals surface area contributed by atoms with E-state index in [9.17, 15) is 10.5 Å². The molecule has 0 atom stereocenters. The van der Waals surface area contributed by atoms with Gasteiger partial charge in [-0.3, -0.25) is 0 Å². The fourth-order valence-electron chi connectivity index (χ4n) is 6.03. The van der Waals surface area contributed by atoms with Gasteiger partial charge in [0.05, 0.1) is 23.3 Å². The lowest BCUT2D eigenvalue weighted by molar-refractivity contribution is 0.668. The van der Waals surface area contributed by atoms with Crippen LogP contribution in [0.15, 0.2) is 130 Å². The summed E-state index contributed by atoms with van der Waals surface area (Å²) in [6.07, 6.45) is 0. The van der Waals surface area contributed by atoms with E-state index in [-0.39, 0.29) is 0 Å². The number of hydrogen-bond donors (Lipinski definition) is 0. The average Bonchev–Trinajstić information content (AvgIpc) is 3.61. The van der Waals surface area contributed by atoms with Gasteiger partial charge in [-0.15, -0.1) is 0 Å². The van der Waals surface area contributed by atoms with Crippen molar-refractivity contribution < 1.29 is 8.83 Å². The van der Waals surface area contributed by atoms with E-state index in [1.807, 2.05) is 60.7 Å². The van der Waals surface area contributed by atoms with Crippen molar-refractivity contribution in [2.75, 3.05) is 0 Å². The highest BCUT2D eigenvalue weighted by Crippen LogP contribution is 2.43. The molecule has 0 N–H and O–H groups in total. The Morgan fingerprint density at radius 1 is 0.405 bits per heavy atom. The van der Waals surface area contributed by atoms with Gasteiger partial charge in [0.25, 0.3) is 0 Å². The molecule has 42 heavy (non-hydrogen) atoms. The number of hydrogen-bond acceptors (Lipinski definition) is 4. The van der Waals surface area contributed by atoms with Gasteiger partial charge in [0.1, 0.15) is 22.3 Å². The van der Waals surface area contributed by atoms with Crippen molar-refractivity contribution in [3.63, 3.8) is 0 Å². The van der Waals surface area contributed by atoms with Crippen LogP contribution in [0.1, 0.15) is 11.1 Å². The third-order valence-corrected chi connectivity index (χ3v) is 7.92. The van der Waals surface area contributed by atoms with Gasteiger partial charge < -0.3 is 8.83 Å². The quantitative estimate of drug-likeness (QED) is 0.225. The molecule has 0 amide bonds. The first-order valence-electron chi connectivity index (χ1n) is 13.6. The molecule has 8 rings (SSSR count). The summed E-state index contributed by atoms with van der Waals surface area (Å²) in [6, 6.07) is 44.6. The van der Waals surface area contributed by atoms with E-state index in [1.54, 1.807) is 6.07 Å². The Labute approximate surface area is 240 Å². The molecular formula is C38H20N2O2. The average molecular weight is 537 g/mol. The second-order valence-electron chi connectivity index (χ2n) is 10.4. The number of rotatable bonds is 3. The number of nitriles is 2. The molecular weight excluding hydrogens is 516 g/mol. The molecule has 0 radical (unpaired) electrons. The van der Waals surface area contributed by atoms with Crippen LogP contribution in [0, 0.1) is 22.7 Å². The minimum absolute atomic E-state index is 0.442. The first kappa shape index (κ1) is 23.8. The van der Waals surface area contributed by atoms with Crippen LogP contribution in [0.25, 0.3) is 77.3 Å². The Morgan fingerprint density at radius 2 is 0.881 bits per heavy atom. The Morgan fingerprint density at radius 3 is 1.38 bits per heavy atom. The van der Waals surface area contributed by atoms with Crippen molar-refractivity contribution in [1.82, 2.24) is 0 Å². The van der Waals surface area contributed by atoms with Gasteiger partial charge in [-0.2, -0.15) is 10.5 Å². The molecule has 6 aromatic carbocycles. The van der Waals surface area contributed by atoms with E-state index in [4.69, 9.17) is 8.83 Å². The molecule has 0 spiro atoms. The Hall–Kier alpha value is -6.10. The summed E-state index contributed by atoms with van der Waals surface area (Å²) >= 11 is 0. The minimum atomic E-state index is 0.442. The highest BCUT2D eigenvalue weighted by atomic mass is 16.3. The monoisotopic (exact) mass is 536 g/mol. The molecule has 194 valence electrons. The predicted molar refractivity (Wildman–Crippen MR) is 167 cm³/mol. The summed E-state index contributed by atoms with van der Waals surface area (Å²) < 4.78 is 12.2. The highest BCUT2D eigenvalue weighted by Gasteiger charge is 2.18. The molecule has 0 unspecified atom stereocenters. The summed E-state index contributed by atoms with van der Waals surface area (Å²) in [6.45, 7) is 0. The zero-order valence-electron chi connectivity index (χ0n) is 22.3. The van der Waals surface area contributed by atoms with Gasteiger partial charge in [-0.05, 0) is 88.0 Å². The topological polar surface area (TPSA) is 73.9 Å². The number of furan rings is 2. The Kier molecular flexibility index (Phi) is 5.22. The van der Waals surface area contributed by atoms with Crippen LogP contribution in [0.5, 0.6) is 0 Å². The fourth-order valence-corrected chi connectivity index (χ4v) is 6.03. The second kappa shape index (κ2) is 9.24. The summed E-state index contributed by atoms with van der Waals surface area (Å²) in [5, 5.41) is 23.8. The van der Waals surface area contributed by atoms with Crippen LogP contribution in [0.2, 0.25) is 0 Å². The van der Waals surface area contributed by atoms with Crippen molar-refractivity contribution in [3.05, 3.63) is 132 Å². The van der Waals surface area contributed by atoms with Crippen molar-refractivity contribution in [1.29, 1.82) is 10.5 Å². The zero-order chi connectivity index (χ0) is 28.2. The van der Waals surface area contributed by atoms with E-state index in [0.29, 0.717) is 11.1 Å². The van der Waals surface area contributed by atoms with Crippen molar-refractivity contribution in [2.24, 2.45) is 0 Å². The summed E-state index contributed by atoms with van der Waals surface area (Å²) in [7, 11) is 0. The van der Waals surface area contributed by atoms with Crippen LogP contribution >= 0.6 is 0 Å². The van der Waals surface area contributed by atoms with Crippen molar-refractivity contribution in [3.8, 4) is 45.5 Å². The van der Waals surface area contributed by atoms with E-state index in [0.717, 1.165) is 77.3 Å². The summed E-state index contributed by atoms with van der Waals surface area (Å²) in [5.41, 5.74) is 10.0. The molecule has 0 aliphatic heterocycles. The fraction of sp³-hybridized carbons (Fsp3) is 0. The molecule has 0 aliphatic rings. The van der Waals surface area contributed by atoms with E-state index < -0.39 is 0 Å². The van der Waals surface area contributed by atoms with Gasteiger partial charge in [0.15, 0.2) is 0 Å². The highest BCUT2D eigenvalue weighted by molar-refractivity contribution is 6.09. The normalized spacial score (nSPS) is 11.3. The molecule has 0 fully saturated rings. The van der Waals surface area contributed by atoms with Gasteiger partial charge in [-0.1, -0.05) is 66.7 Å². The number of nitrogens with zero attached hydrogens (tertiary/aromatic N) is 2. The van der Waals surface area contributed by atoms with Gasteiger partial charge in [0, 0.05) is 21.5 Å². The largest absolute Gasteiger partial charge is 0.456 e. The van der Waals surface area contributed by atoms with Crippen LogP contribution in [0.3, 0.4) is 0 Å². The lowest BCUT2D eigenvalue weighted by Gasteiger charge is -2.17. The number of fused-ring (bicyclic) bond motifs is 6. The van der Waals surface area contributed by atoms with E-state index in [2.05, 4.69) is 66.7 Å². The minimum Gasteiger partial charge on any atom is -0.456 e. The maximum Gasteiger partial charge on any atom is 0.135 e. The number of para-hydroxylation sites is 2. The molecule has 0 saturated heterocycles. The van der Waals surface area contributed by atoms with Crippen molar-refractivity contribution >= 4 is 43.9 Å². The maximum absolute atomic E-state index is 9.81. The second-order valence-corrected chi connectivity index (χ2v) is 10.4. The van der Waals surface area contributed by atoms with Crippen LogP contribution in [-0.4, -0.2) is 0 Å². The lowest BCUT2D eigenvalue weighted by atomic mass is 9.86. The molecule has 8 aromatic rings. The third kappa shape index (κ3) is 3.68. The summed E-state index contributed by atoms with van der Waals surface area (Å²) in [4.78, 5) is 0. The molecule has 4 nitrogen and oxygen atoms in total. The van der Waals surface area contributed by atoms with Crippen LogP contribution in [-0.2, 0) is 0 Å². The summed E-state index contributed by atoms with van der Waals surface area (Å²) in [5.74, 6) is 0. The molecule has 2 aromatic heterocycles. The maximum atomic E-state index is 9.81. The van der Waals surface area contributed by atoms with Gasteiger partial charge in [-0.25, -0.2) is 0 Å². The first-order valence-corrected chi connectivity index (χ1v) is 13.6. The Balaban J connectivity index is 1.43. The molecule has 0 bridgehead atoms. The smallest absolute Gasteiger partial charge is 0.135 e. The number of benzene rings is 6. The first-order chi connectivity index (χ1) is 20.7. The van der Waals surface area contributed by atoms with E-state index >= 15 is 0 Å². The van der Waals surface area contributed by atoms with Gasteiger partial charge >= 0.3 is 0 Å². The van der Waals surface area contributed by atoms with E-state index in [1.165, 1.54) is 0 Å². The SMILES string of the molecule is N#Cc1cc(C#N)cc(-c2c(-c3ccc4oc5ccccc5c4c3)cccc2-c2ccc3oc4ccccc4c3c2)c1. The zero-order valence-corrected chi connectivity index (χ0v) is 22.3. The van der Waals surface area contributed by atoms with Crippen molar-refractivity contribution in [2.45, 2.75) is 0 Å². The molecule has 0 aliphatic carbocycles. The molecule has 2 heterocycles. The van der Waals surface area contributed by atoms with Gasteiger partial charge in [0.2, 0.25) is 0 Å². The third-order valence-electron chi connectivity index (χ3n) is 7.92. The predicted octanol–water partition coefficient (Wildman–Crippen LogP) is 10.2. The molecule has 0 saturated carbocycles. The standard InChI is InChI=1S/C38H20N2O2/c39-21-23-16-24(22-40)18-27(17-23)38-28(25-12-14-36-32(19-25)30-6-1-3-10-34(30)41-36)8-5-9-29(38)26-13-15-37-33(20-26)31-7-2-4-11-35(31)42-37/h1-20H. The lowest BCUT2D eigenvalue weighted by Crippen LogP contribution is -1.93. The molecule has 4 heteroatoms. The van der Waals surface area contributed by atoms with Crippen LogP contribution < -0.4 is 0 Å².